The Balaban J connectivity index is 2.78. The Morgan fingerprint density at radius 3 is 2.14 bits per heavy atom. The minimum absolute atomic E-state index is 0.256. The summed E-state index contributed by atoms with van der Waals surface area (Å²) < 4.78 is 71.2. The molecule has 118 valence electrons. The molecule has 0 unspecified atom stereocenters. The largest absolute Gasteiger partial charge is 0.493 e. The molecule has 9 heteroatoms. The van der Waals surface area contributed by atoms with Crippen LogP contribution in [0.25, 0.3) is 0 Å². The zero-order valence-corrected chi connectivity index (χ0v) is 11.1. The maximum atomic E-state index is 12.7. The van der Waals surface area contributed by atoms with E-state index in [4.69, 9.17) is 9.47 Å². The fourth-order valence-corrected chi connectivity index (χ4v) is 1.41. The van der Waals surface area contributed by atoms with Crippen LogP contribution in [0.5, 0.6) is 11.5 Å². The summed E-state index contributed by atoms with van der Waals surface area (Å²) in [6, 6.07) is 4.18. The molecule has 0 bridgehead atoms. The lowest BCUT2D eigenvalue weighted by atomic mass is 10.2. The summed E-state index contributed by atoms with van der Waals surface area (Å²) in [7, 11) is 2.71. The molecule has 0 saturated heterocycles. The summed E-state index contributed by atoms with van der Waals surface area (Å²) in [5.41, 5.74) is 0.277. The number of carbonyl (C=O) groups excluding carboxylic acids is 1. The minimum Gasteiger partial charge on any atom is -0.493 e. The SMILES string of the molecule is COc1ccc(CNC(=O)C(F)(F)C(F)(F)F)cc1OC. The second kappa shape index (κ2) is 6.15. The van der Waals surface area contributed by atoms with Crippen molar-refractivity contribution in [3.63, 3.8) is 0 Å². The van der Waals surface area contributed by atoms with Gasteiger partial charge in [0.25, 0.3) is 0 Å². The molecule has 4 nitrogen and oxygen atoms in total. The number of ether oxygens (including phenoxy) is 2. The number of amides is 1. The smallest absolute Gasteiger partial charge is 0.463 e. The van der Waals surface area contributed by atoms with Crippen LogP contribution in [0.2, 0.25) is 0 Å². The normalized spacial score (nSPS) is 12.0. The van der Waals surface area contributed by atoms with Crippen molar-refractivity contribution in [2.24, 2.45) is 0 Å². The van der Waals surface area contributed by atoms with Crippen LogP contribution >= 0.6 is 0 Å². The Morgan fingerprint density at radius 2 is 1.67 bits per heavy atom. The van der Waals surface area contributed by atoms with Crippen LogP contribution in [0.1, 0.15) is 5.56 Å². The van der Waals surface area contributed by atoms with Crippen molar-refractivity contribution in [2.75, 3.05) is 14.2 Å². The van der Waals surface area contributed by atoms with Crippen LogP contribution in [0.4, 0.5) is 22.0 Å². The number of alkyl halides is 5. The molecule has 0 saturated carbocycles. The number of nitrogens with one attached hydrogen (secondary N) is 1. The van der Waals surface area contributed by atoms with Gasteiger partial charge in [-0.2, -0.15) is 22.0 Å². The Hall–Kier alpha value is -2.06. The lowest BCUT2D eigenvalue weighted by Crippen LogP contribution is -2.50. The van der Waals surface area contributed by atoms with Crippen molar-refractivity contribution >= 4 is 5.91 Å². The van der Waals surface area contributed by atoms with Crippen LogP contribution in [0.3, 0.4) is 0 Å². The topological polar surface area (TPSA) is 47.6 Å². The van der Waals surface area contributed by atoms with E-state index in [1.807, 2.05) is 0 Å². The molecule has 0 heterocycles. The van der Waals surface area contributed by atoms with E-state index in [1.54, 1.807) is 0 Å². The summed E-state index contributed by atoms with van der Waals surface area (Å²) in [6.07, 6.45) is -5.94. The van der Waals surface area contributed by atoms with Crippen molar-refractivity contribution in [3.05, 3.63) is 23.8 Å². The molecule has 0 aromatic heterocycles. The number of carbonyl (C=O) groups is 1. The standard InChI is InChI=1S/C12H12F5NO3/c1-20-8-4-3-7(5-9(8)21-2)6-18-10(19)11(13,14)12(15,16)17/h3-5H,6H2,1-2H3,(H,18,19). The van der Waals surface area contributed by atoms with Gasteiger partial charge in [0.15, 0.2) is 11.5 Å². The minimum atomic E-state index is -5.94. The molecule has 0 atom stereocenters. The summed E-state index contributed by atoms with van der Waals surface area (Å²) in [5.74, 6) is -7.24. The molecule has 0 aliphatic rings. The van der Waals surface area contributed by atoms with Gasteiger partial charge in [-0.05, 0) is 17.7 Å². The summed E-state index contributed by atoms with van der Waals surface area (Å²) >= 11 is 0. The first kappa shape index (κ1) is 17.0. The quantitative estimate of drug-likeness (QED) is 0.850. The lowest BCUT2D eigenvalue weighted by molar-refractivity contribution is -0.269. The molecule has 1 amide bonds. The van der Waals surface area contributed by atoms with Crippen molar-refractivity contribution in [2.45, 2.75) is 18.6 Å². The number of hydrogen-bond donors (Lipinski definition) is 1. The molecule has 1 rings (SSSR count). The zero-order valence-electron chi connectivity index (χ0n) is 11.1. The first-order valence-corrected chi connectivity index (χ1v) is 5.57. The highest BCUT2D eigenvalue weighted by molar-refractivity contribution is 5.84. The first-order valence-electron chi connectivity index (χ1n) is 5.57. The van der Waals surface area contributed by atoms with E-state index >= 15 is 0 Å². The first-order chi connectivity index (χ1) is 9.63. The second-order valence-corrected chi connectivity index (χ2v) is 3.94. The lowest BCUT2D eigenvalue weighted by Gasteiger charge is -2.18. The van der Waals surface area contributed by atoms with E-state index in [-0.39, 0.29) is 11.3 Å². The number of methoxy groups -OCH3 is 2. The maximum Gasteiger partial charge on any atom is 0.463 e. The third-order valence-corrected chi connectivity index (χ3v) is 2.54. The number of halogens is 5. The molecule has 0 fully saturated rings. The summed E-state index contributed by atoms with van der Waals surface area (Å²) in [5, 5.41) is 1.53. The van der Waals surface area contributed by atoms with Gasteiger partial charge in [-0.25, -0.2) is 0 Å². The molecule has 21 heavy (non-hydrogen) atoms. The predicted molar refractivity (Wildman–Crippen MR) is 62.4 cm³/mol. The molecule has 0 spiro atoms. The van der Waals surface area contributed by atoms with Crippen molar-refractivity contribution < 1.29 is 36.2 Å². The Labute approximate surface area is 116 Å². The van der Waals surface area contributed by atoms with Crippen LogP contribution in [-0.2, 0) is 11.3 Å². The molecule has 1 aromatic rings. The molecule has 0 aliphatic carbocycles. The monoisotopic (exact) mass is 313 g/mol. The van der Waals surface area contributed by atoms with Crippen LogP contribution in [0, 0.1) is 0 Å². The van der Waals surface area contributed by atoms with Crippen LogP contribution in [-0.4, -0.2) is 32.2 Å². The van der Waals surface area contributed by atoms with Crippen molar-refractivity contribution in [1.29, 1.82) is 0 Å². The van der Waals surface area contributed by atoms with Gasteiger partial charge in [0.2, 0.25) is 0 Å². The van der Waals surface area contributed by atoms with E-state index in [2.05, 4.69) is 0 Å². The predicted octanol–water partition coefficient (Wildman–Crippen LogP) is 2.52. The van der Waals surface area contributed by atoms with E-state index in [0.717, 1.165) is 0 Å². The highest BCUT2D eigenvalue weighted by Gasteiger charge is 2.63. The third-order valence-electron chi connectivity index (χ3n) is 2.54. The molecular formula is C12H12F5NO3. The van der Waals surface area contributed by atoms with Gasteiger partial charge < -0.3 is 14.8 Å². The third kappa shape index (κ3) is 3.73. The maximum absolute atomic E-state index is 12.7. The average molecular weight is 313 g/mol. The van der Waals surface area contributed by atoms with E-state index in [0.29, 0.717) is 5.75 Å². The molecule has 1 N–H and O–H groups in total. The molecule has 0 radical (unpaired) electrons. The van der Waals surface area contributed by atoms with Crippen LogP contribution in [0.15, 0.2) is 18.2 Å². The van der Waals surface area contributed by atoms with Gasteiger partial charge in [-0.1, -0.05) is 6.07 Å². The van der Waals surface area contributed by atoms with E-state index in [9.17, 15) is 26.7 Å². The Morgan fingerprint density at radius 1 is 1.10 bits per heavy atom. The van der Waals surface area contributed by atoms with Gasteiger partial charge in [0, 0.05) is 6.54 Å². The molecule has 0 aliphatic heterocycles. The number of hydrogen-bond acceptors (Lipinski definition) is 3. The van der Waals surface area contributed by atoms with Gasteiger partial charge >= 0.3 is 18.0 Å². The second-order valence-electron chi connectivity index (χ2n) is 3.94. The van der Waals surface area contributed by atoms with Gasteiger partial charge in [-0.3, -0.25) is 4.79 Å². The summed E-state index contributed by atoms with van der Waals surface area (Å²) in [6.45, 7) is -0.509. The van der Waals surface area contributed by atoms with Gasteiger partial charge in [-0.15, -0.1) is 0 Å². The van der Waals surface area contributed by atoms with Crippen molar-refractivity contribution in [1.82, 2.24) is 5.32 Å². The zero-order chi connectivity index (χ0) is 16.3. The van der Waals surface area contributed by atoms with Gasteiger partial charge in [0.1, 0.15) is 0 Å². The van der Waals surface area contributed by atoms with Crippen molar-refractivity contribution in [3.8, 4) is 11.5 Å². The fourth-order valence-electron chi connectivity index (χ4n) is 1.41. The van der Waals surface area contributed by atoms with E-state index < -0.39 is 24.6 Å². The van der Waals surface area contributed by atoms with Gasteiger partial charge in [0.05, 0.1) is 14.2 Å². The summed E-state index contributed by atoms with van der Waals surface area (Å²) in [4.78, 5) is 10.9. The number of rotatable bonds is 5. The molecule has 1 aromatic carbocycles. The Bertz CT molecular complexity index is 516. The average Bonchev–Trinajstić information content (AvgIpc) is 2.42. The highest BCUT2D eigenvalue weighted by Crippen LogP contribution is 2.35. The highest BCUT2D eigenvalue weighted by atomic mass is 19.4. The van der Waals surface area contributed by atoms with Crippen LogP contribution < -0.4 is 14.8 Å². The Kier molecular flexibility index (Phi) is 4.97. The van der Waals surface area contributed by atoms with E-state index in [1.165, 1.54) is 37.7 Å². The molecular weight excluding hydrogens is 301 g/mol. The fraction of sp³-hybridized carbons (Fsp3) is 0.417. The number of benzene rings is 1.